The van der Waals surface area contributed by atoms with Crippen molar-refractivity contribution in [2.45, 2.75) is 44.4 Å². The second-order valence-electron chi connectivity index (χ2n) is 8.34. The number of hydrogen-bond acceptors (Lipinski definition) is 6. The van der Waals surface area contributed by atoms with Gasteiger partial charge in [-0.1, -0.05) is 0 Å². The minimum absolute atomic E-state index is 0.0280. The van der Waals surface area contributed by atoms with Gasteiger partial charge in [0.25, 0.3) is 5.91 Å². The van der Waals surface area contributed by atoms with Crippen LogP contribution < -0.4 is 15.4 Å². The highest BCUT2D eigenvalue weighted by Gasteiger charge is 2.35. The number of amides is 2. The summed E-state index contributed by atoms with van der Waals surface area (Å²) in [6, 6.07) is 3.93. The molecule has 4 rings (SSSR count). The van der Waals surface area contributed by atoms with Gasteiger partial charge in [-0.05, 0) is 31.0 Å². The topological polar surface area (TPSA) is 97.7 Å². The first-order chi connectivity index (χ1) is 16.0. The molecule has 1 saturated heterocycles. The molecule has 0 unspecified atom stereocenters. The highest BCUT2D eigenvalue weighted by molar-refractivity contribution is 5.97. The van der Waals surface area contributed by atoms with E-state index < -0.39 is 5.82 Å². The Balaban J connectivity index is 1.55. The number of ether oxygens (including phenoxy) is 2. The number of nitrogens with one attached hydrogen (secondary N) is 2. The molecule has 2 bridgehead atoms. The Morgan fingerprint density at radius 2 is 2.09 bits per heavy atom. The van der Waals surface area contributed by atoms with Crippen LogP contribution >= 0.6 is 0 Å². The van der Waals surface area contributed by atoms with Crippen LogP contribution in [0.4, 0.5) is 4.39 Å². The van der Waals surface area contributed by atoms with Crippen molar-refractivity contribution >= 4 is 11.8 Å². The minimum Gasteiger partial charge on any atom is -0.491 e. The Morgan fingerprint density at radius 3 is 2.94 bits per heavy atom. The van der Waals surface area contributed by atoms with Gasteiger partial charge in [-0.3, -0.25) is 14.5 Å². The van der Waals surface area contributed by atoms with E-state index in [4.69, 9.17) is 9.47 Å². The van der Waals surface area contributed by atoms with Crippen molar-refractivity contribution in [1.29, 1.82) is 0 Å². The van der Waals surface area contributed by atoms with E-state index in [1.165, 1.54) is 18.2 Å². The van der Waals surface area contributed by atoms with E-state index in [-0.39, 0.29) is 36.1 Å². The number of aromatic nitrogens is 2. The van der Waals surface area contributed by atoms with E-state index in [9.17, 15) is 14.0 Å². The Bertz CT molecular complexity index is 982. The summed E-state index contributed by atoms with van der Waals surface area (Å²) in [7, 11) is 1.66. The molecule has 2 atom stereocenters. The molecule has 178 valence electrons. The van der Waals surface area contributed by atoms with E-state index >= 15 is 0 Å². The standard InChI is InChI=1S/C23H30FN5O4/c1-32-11-9-28-8-6-25-21(28)15-29-17-3-4-18(29)14-27-23(31)19-12-16(24)2-5-20(19)33-10-7-26-22(30)13-17/h2,5-6,8,12,17-18H,3-4,7,9-11,13-15H2,1H3,(H,26,30)(H,27,31)/t17-,18+/m0/s1. The number of imidazole rings is 1. The van der Waals surface area contributed by atoms with E-state index in [1.807, 2.05) is 10.8 Å². The van der Waals surface area contributed by atoms with Crippen LogP contribution in [0.3, 0.4) is 0 Å². The van der Waals surface area contributed by atoms with Crippen LogP contribution in [0.5, 0.6) is 5.75 Å². The average molecular weight is 460 g/mol. The molecule has 1 aromatic heterocycles. The van der Waals surface area contributed by atoms with Crippen molar-refractivity contribution in [2.75, 3.05) is 33.4 Å². The zero-order valence-corrected chi connectivity index (χ0v) is 18.8. The first-order valence-electron chi connectivity index (χ1n) is 11.3. The van der Waals surface area contributed by atoms with Gasteiger partial charge in [0.2, 0.25) is 5.91 Å². The molecular formula is C23H30FN5O4. The van der Waals surface area contributed by atoms with Crippen LogP contribution in [-0.2, 0) is 22.6 Å². The highest BCUT2D eigenvalue weighted by Crippen LogP contribution is 2.28. The van der Waals surface area contributed by atoms with Crippen LogP contribution in [0.2, 0.25) is 0 Å². The predicted molar refractivity (Wildman–Crippen MR) is 118 cm³/mol. The summed E-state index contributed by atoms with van der Waals surface area (Å²) in [4.78, 5) is 32.2. The first kappa shape index (κ1) is 23.2. The maximum absolute atomic E-state index is 13.8. The quantitative estimate of drug-likeness (QED) is 0.700. The van der Waals surface area contributed by atoms with E-state index in [2.05, 4.69) is 20.5 Å². The van der Waals surface area contributed by atoms with E-state index in [0.717, 1.165) is 18.7 Å². The molecule has 33 heavy (non-hydrogen) atoms. The largest absolute Gasteiger partial charge is 0.491 e. The van der Waals surface area contributed by atoms with Gasteiger partial charge in [-0.25, -0.2) is 9.37 Å². The summed E-state index contributed by atoms with van der Waals surface area (Å²) < 4.78 is 26.7. The average Bonchev–Trinajstić information content (AvgIpc) is 3.40. The number of halogens is 1. The molecule has 0 aliphatic carbocycles. The number of hydrogen-bond donors (Lipinski definition) is 2. The maximum atomic E-state index is 13.8. The SMILES string of the molecule is COCCn1ccnc1CN1[C@@H]2CC[C@H]1CC(=O)NCCOc1ccc(F)cc1C(=O)NC2. The lowest BCUT2D eigenvalue weighted by Gasteiger charge is -2.30. The zero-order valence-electron chi connectivity index (χ0n) is 18.8. The molecule has 9 nitrogen and oxygen atoms in total. The number of carbonyl (C=O) groups is 2. The van der Waals surface area contributed by atoms with Gasteiger partial charge in [0, 0.05) is 51.1 Å². The van der Waals surface area contributed by atoms with Crippen molar-refractivity contribution in [3.05, 3.63) is 47.8 Å². The van der Waals surface area contributed by atoms with Crippen molar-refractivity contribution in [1.82, 2.24) is 25.1 Å². The van der Waals surface area contributed by atoms with Crippen LogP contribution in [0.15, 0.2) is 30.6 Å². The molecule has 0 saturated carbocycles. The fourth-order valence-electron chi connectivity index (χ4n) is 4.51. The van der Waals surface area contributed by atoms with Crippen LogP contribution in [-0.4, -0.2) is 71.8 Å². The van der Waals surface area contributed by atoms with Crippen LogP contribution in [0.1, 0.15) is 35.4 Å². The van der Waals surface area contributed by atoms with Gasteiger partial charge in [0.1, 0.15) is 24.0 Å². The Kier molecular flexibility index (Phi) is 7.56. The molecule has 2 aromatic rings. The van der Waals surface area contributed by atoms with Gasteiger partial charge in [0.15, 0.2) is 0 Å². The molecule has 1 fully saturated rings. The molecule has 2 N–H and O–H groups in total. The lowest BCUT2D eigenvalue weighted by atomic mass is 10.1. The second-order valence-corrected chi connectivity index (χ2v) is 8.34. The molecular weight excluding hydrogens is 429 g/mol. The molecule has 10 heteroatoms. The number of methoxy groups -OCH3 is 1. The van der Waals surface area contributed by atoms with E-state index in [0.29, 0.717) is 45.0 Å². The molecule has 2 aliphatic heterocycles. The predicted octanol–water partition coefficient (Wildman–Crippen LogP) is 1.33. The highest BCUT2D eigenvalue weighted by atomic mass is 19.1. The van der Waals surface area contributed by atoms with E-state index in [1.54, 1.807) is 13.3 Å². The third-order valence-corrected chi connectivity index (χ3v) is 6.22. The van der Waals surface area contributed by atoms with Gasteiger partial charge in [-0.15, -0.1) is 0 Å². The molecule has 0 spiro atoms. The minimum atomic E-state index is -0.507. The molecule has 0 radical (unpaired) electrons. The van der Waals surface area contributed by atoms with Gasteiger partial charge in [0.05, 0.1) is 25.3 Å². The first-order valence-corrected chi connectivity index (χ1v) is 11.3. The Morgan fingerprint density at radius 1 is 1.24 bits per heavy atom. The summed E-state index contributed by atoms with van der Waals surface area (Å²) in [6.07, 6.45) is 5.72. The zero-order chi connectivity index (χ0) is 23.2. The summed E-state index contributed by atoms with van der Waals surface area (Å²) in [6.45, 7) is 2.69. The van der Waals surface area contributed by atoms with Gasteiger partial charge in [-0.2, -0.15) is 0 Å². The number of rotatable bonds is 5. The summed E-state index contributed by atoms with van der Waals surface area (Å²) in [5, 5.41) is 5.83. The van der Waals surface area contributed by atoms with Crippen molar-refractivity contribution in [2.24, 2.45) is 0 Å². The smallest absolute Gasteiger partial charge is 0.255 e. The maximum Gasteiger partial charge on any atom is 0.255 e. The third-order valence-electron chi connectivity index (χ3n) is 6.22. The summed E-state index contributed by atoms with van der Waals surface area (Å²) in [5.74, 6) is 0.250. The fraction of sp³-hybridized carbons (Fsp3) is 0.522. The lowest BCUT2D eigenvalue weighted by molar-refractivity contribution is -0.122. The van der Waals surface area contributed by atoms with Crippen molar-refractivity contribution in [3.63, 3.8) is 0 Å². The number of benzene rings is 1. The van der Waals surface area contributed by atoms with Crippen molar-refractivity contribution in [3.8, 4) is 5.75 Å². The Labute approximate surface area is 192 Å². The van der Waals surface area contributed by atoms with Gasteiger partial charge >= 0.3 is 0 Å². The normalized spacial score (nSPS) is 22.1. The molecule has 2 amide bonds. The monoisotopic (exact) mass is 459 g/mol. The Hall–Kier alpha value is -2.98. The fourth-order valence-corrected chi connectivity index (χ4v) is 4.51. The number of carbonyl (C=O) groups excluding carboxylic acids is 2. The van der Waals surface area contributed by atoms with Crippen LogP contribution in [0, 0.1) is 5.82 Å². The molecule has 3 heterocycles. The number of nitrogens with zero attached hydrogens (tertiary/aromatic N) is 3. The third kappa shape index (κ3) is 5.69. The second kappa shape index (κ2) is 10.8. The molecule has 2 aliphatic rings. The number of fused-ring (bicyclic) bond motifs is 3. The molecule has 1 aromatic carbocycles. The summed E-state index contributed by atoms with van der Waals surface area (Å²) >= 11 is 0. The van der Waals surface area contributed by atoms with Crippen molar-refractivity contribution < 1.29 is 23.5 Å². The van der Waals surface area contributed by atoms with Crippen LogP contribution in [0.25, 0.3) is 0 Å². The lowest BCUT2D eigenvalue weighted by Crippen LogP contribution is -2.45. The van der Waals surface area contributed by atoms with Gasteiger partial charge < -0.3 is 24.7 Å². The summed E-state index contributed by atoms with van der Waals surface area (Å²) in [5.41, 5.74) is 0.148.